The molecule has 3 N–H and O–H groups in total. The number of aliphatic carboxylic acids is 1. The fourth-order valence-electron chi connectivity index (χ4n) is 8.90. The van der Waals surface area contributed by atoms with Crippen LogP contribution < -0.4 is 0 Å². The smallest absolute Gasteiger partial charge is 0.334 e. The van der Waals surface area contributed by atoms with Crippen LogP contribution in [0.3, 0.4) is 0 Å². The number of hydrogen-bond donors (Lipinski definition) is 3. The van der Waals surface area contributed by atoms with Crippen LogP contribution in [0.2, 0.25) is 0 Å². The maximum absolute atomic E-state index is 12.6. The molecule has 5 aliphatic carbocycles. The monoisotopic (exact) mass is 381 g/mol. The minimum absolute atomic E-state index is 0.0116. The second-order valence-corrected chi connectivity index (χ2v) is 9.85. The van der Waals surface area contributed by atoms with Crippen LogP contribution in [0.4, 0.5) is 0 Å². The molecule has 6 atom stereocenters. The highest BCUT2D eigenvalue weighted by Crippen LogP contribution is 2.84. The van der Waals surface area contributed by atoms with E-state index >= 15 is 0 Å². The second-order valence-electron chi connectivity index (χ2n) is 9.85. The zero-order chi connectivity index (χ0) is 19.5. The minimum Gasteiger partial charge on any atom is -0.478 e. The van der Waals surface area contributed by atoms with Gasteiger partial charge in [0.25, 0.3) is 0 Å². The van der Waals surface area contributed by atoms with E-state index in [0.29, 0.717) is 11.8 Å². The van der Waals surface area contributed by atoms with Crippen molar-refractivity contribution >= 4 is 5.97 Å². The molecule has 0 aliphatic heterocycles. The van der Waals surface area contributed by atoms with E-state index in [2.05, 4.69) is 30.1 Å². The maximum atomic E-state index is 12.6. The molecule has 148 valence electrons. The summed E-state index contributed by atoms with van der Waals surface area (Å²) >= 11 is 0. The molecule has 0 saturated heterocycles. The zero-order valence-corrected chi connectivity index (χ0v) is 16.4. The number of carboxylic acid groups (broad SMARTS) is 1. The third-order valence-corrected chi connectivity index (χ3v) is 9.35. The number of H-pyrrole nitrogens is 1. The Morgan fingerprint density at radius 1 is 1.36 bits per heavy atom. The first-order valence-corrected chi connectivity index (χ1v) is 10.4. The SMILES string of the molecule is COCC1(O)C(C(=O)O)=C2CC3CCC4CC=CC15c1cc[nH]c1CC3(C)C245. The number of nitrogens with one attached hydrogen (secondary N) is 1. The summed E-state index contributed by atoms with van der Waals surface area (Å²) < 4.78 is 5.52. The molecule has 1 aromatic rings. The van der Waals surface area contributed by atoms with Crippen molar-refractivity contribution in [2.45, 2.75) is 50.0 Å². The van der Waals surface area contributed by atoms with Gasteiger partial charge in [-0.3, -0.25) is 0 Å². The molecule has 1 heterocycles. The number of allylic oxidation sites excluding steroid dienone is 2. The van der Waals surface area contributed by atoms with Gasteiger partial charge >= 0.3 is 5.97 Å². The first-order chi connectivity index (χ1) is 13.4. The van der Waals surface area contributed by atoms with Crippen molar-refractivity contribution in [2.24, 2.45) is 22.7 Å². The normalized spacial score (nSPS) is 47.2. The van der Waals surface area contributed by atoms with Crippen molar-refractivity contribution in [3.05, 3.63) is 46.8 Å². The molecule has 2 fully saturated rings. The Morgan fingerprint density at radius 3 is 2.89 bits per heavy atom. The maximum Gasteiger partial charge on any atom is 0.334 e. The van der Waals surface area contributed by atoms with Crippen molar-refractivity contribution in [1.29, 1.82) is 0 Å². The molecule has 0 aromatic carbocycles. The van der Waals surface area contributed by atoms with E-state index in [1.54, 1.807) is 7.11 Å². The van der Waals surface area contributed by atoms with E-state index in [1.165, 1.54) is 0 Å². The molecule has 5 heteroatoms. The number of ether oxygens (including phenoxy) is 1. The molecule has 1 spiro atoms. The van der Waals surface area contributed by atoms with Crippen LogP contribution in [0.1, 0.15) is 43.9 Å². The standard InChI is InChI=1S/C23H27NO4/c1-20-11-17-15(7-9-24-17)21-8-3-4-13-5-6-14(20)10-16(23(13,20)21)18(19(25)26)22(21,27)12-28-2/h3,7-9,13-14,24,27H,4-6,10-12H2,1-2H3,(H,25,26). The van der Waals surface area contributed by atoms with Crippen LogP contribution in [0, 0.1) is 22.7 Å². The van der Waals surface area contributed by atoms with Crippen molar-refractivity contribution in [3.8, 4) is 0 Å². The highest BCUT2D eigenvalue weighted by atomic mass is 16.5. The first kappa shape index (κ1) is 17.0. The van der Waals surface area contributed by atoms with E-state index in [1.807, 2.05) is 6.20 Å². The predicted molar refractivity (Wildman–Crippen MR) is 103 cm³/mol. The number of fused-ring (bicyclic) bond motifs is 1. The number of aromatic nitrogens is 1. The number of aromatic amines is 1. The zero-order valence-electron chi connectivity index (χ0n) is 16.4. The Kier molecular flexibility index (Phi) is 2.94. The molecule has 2 bridgehead atoms. The van der Waals surface area contributed by atoms with E-state index in [-0.39, 0.29) is 23.0 Å². The number of methoxy groups -OCH3 is 1. The van der Waals surface area contributed by atoms with Gasteiger partial charge in [0.15, 0.2) is 0 Å². The Balaban J connectivity index is 1.83. The van der Waals surface area contributed by atoms with Gasteiger partial charge in [0.1, 0.15) is 5.60 Å². The van der Waals surface area contributed by atoms with Crippen LogP contribution in [-0.4, -0.2) is 40.5 Å². The average Bonchev–Trinajstić information content (AvgIpc) is 3.19. The van der Waals surface area contributed by atoms with E-state index in [4.69, 9.17) is 4.74 Å². The molecular formula is C23H27NO4. The summed E-state index contributed by atoms with van der Waals surface area (Å²) in [6, 6.07) is 2.07. The molecule has 5 aliphatic rings. The van der Waals surface area contributed by atoms with Crippen LogP contribution in [0.25, 0.3) is 0 Å². The third kappa shape index (κ3) is 1.34. The molecule has 6 rings (SSSR count). The van der Waals surface area contributed by atoms with Gasteiger partial charge in [0, 0.05) is 24.4 Å². The number of rotatable bonds is 3. The van der Waals surface area contributed by atoms with Gasteiger partial charge in [-0.25, -0.2) is 4.79 Å². The highest BCUT2D eigenvalue weighted by Gasteiger charge is 2.84. The number of hydrogen-bond acceptors (Lipinski definition) is 3. The van der Waals surface area contributed by atoms with E-state index in [0.717, 1.165) is 48.9 Å². The van der Waals surface area contributed by atoms with Crippen molar-refractivity contribution in [1.82, 2.24) is 4.98 Å². The summed E-state index contributed by atoms with van der Waals surface area (Å²) in [7, 11) is 1.55. The Morgan fingerprint density at radius 2 is 2.14 bits per heavy atom. The van der Waals surface area contributed by atoms with E-state index < -0.39 is 17.0 Å². The van der Waals surface area contributed by atoms with Gasteiger partial charge in [-0.15, -0.1) is 0 Å². The lowest BCUT2D eigenvalue weighted by molar-refractivity contribution is -0.157. The Labute approximate surface area is 164 Å². The number of carbonyl (C=O) groups is 1. The predicted octanol–water partition coefficient (Wildman–Crippen LogP) is 2.96. The lowest BCUT2D eigenvalue weighted by Crippen LogP contribution is -2.70. The largest absolute Gasteiger partial charge is 0.478 e. The molecule has 0 radical (unpaired) electrons. The lowest BCUT2D eigenvalue weighted by atomic mass is 9.36. The van der Waals surface area contributed by atoms with Gasteiger partial charge in [-0.1, -0.05) is 19.1 Å². The second kappa shape index (κ2) is 4.82. The minimum atomic E-state index is -1.57. The van der Waals surface area contributed by atoms with Gasteiger partial charge < -0.3 is 19.9 Å². The van der Waals surface area contributed by atoms with Crippen molar-refractivity contribution < 1.29 is 19.7 Å². The van der Waals surface area contributed by atoms with Crippen LogP contribution in [0.5, 0.6) is 0 Å². The summed E-state index contributed by atoms with van der Waals surface area (Å²) in [6.07, 6.45) is 11.2. The summed E-state index contributed by atoms with van der Waals surface area (Å²) in [6.45, 7) is 2.36. The average molecular weight is 381 g/mol. The van der Waals surface area contributed by atoms with Crippen molar-refractivity contribution in [3.63, 3.8) is 0 Å². The summed E-state index contributed by atoms with van der Waals surface area (Å²) in [5.74, 6) is -0.166. The molecule has 28 heavy (non-hydrogen) atoms. The fourth-order valence-corrected chi connectivity index (χ4v) is 8.90. The lowest BCUT2D eigenvalue weighted by Gasteiger charge is -2.67. The molecule has 1 aromatic heterocycles. The van der Waals surface area contributed by atoms with Gasteiger partial charge in [-0.2, -0.15) is 0 Å². The Bertz CT molecular complexity index is 975. The molecule has 5 nitrogen and oxygen atoms in total. The van der Waals surface area contributed by atoms with Gasteiger partial charge in [0.2, 0.25) is 0 Å². The fraction of sp³-hybridized carbons (Fsp3) is 0.609. The first-order valence-electron chi connectivity index (χ1n) is 10.4. The van der Waals surface area contributed by atoms with Crippen LogP contribution >= 0.6 is 0 Å². The molecule has 0 amide bonds. The Hall–Kier alpha value is -1.85. The summed E-state index contributed by atoms with van der Waals surface area (Å²) in [5.41, 5.74) is 0.708. The summed E-state index contributed by atoms with van der Waals surface area (Å²) in [5, 5.41) is 22.7. The quantitative estimate of drug-likeness (QED) is 0.703. The highest BCUT2D eigenvalue weighted by molar-refractivity contribution is 5.94. The van der Waals surface area contributed by atoms with Crippen LogP contribution in [-0.2, 0) is 21.4 Å². The van der Waals surface area contributed by atoms with E-state index in [9.17, 15) is 15.0 Å². The topological polar surface area (TPSA) is 82.6 Å². The van der Waals surface area contributed by atoms with Gasteiger partial charge in [0.05, 0.1) is 17.6 Å². The van der Waals surface area contributed by atoms with Crippen LogP contribution in [0.15, 0.2) is 35.6 Å². The number of carboxylic acids is 1. The van der Waals surface area contributed by atoms with Crippen molar-refractivity contribution in [2.75, 3.05) is 13.7 Å². The van der Waals surface area contributed by atoms with Gasteiger partial charge in [-0.05, 0) is 66.6 Å². The third-order valence-electron chi connectivity index (χ3n) is 9.35. The number of aliphatic hydroxyl groups is 1. The molecule has 2 saturated carbocycles. The summed E-state index contributed by atoms with van der Waals surface area (Å²) in [4.78, 5) is 16.1. The molecular weight excluding hydrogens is 354 g/mol. The molecule has 6 unspecified atom stereocenters.